The third kappa shape index (κ3) is 3.07. The zero-order valence-corrected chi connectivity index (χ0v) is 25.3. The average molecular weight is 594 g/mol. The van der Waals surface area contributed by atoms with Gasteiger partial charge in [0.05, 0.1) is 11.7 Å². The molecule has 7 aliphatic rings. The van der Waals surface area contributed by atoms with Crippen LogP contribution in [-0.2, 0) is 23.8 Å². The molecule has 3 aliphatic heterocycles. The first-order valence-corrected chi connectivity index (χ1v) is 15.8. The highest BCUT2D eigenvalue weighted by molar-refractivity contribution is 5.68. The summed E-state index contributed by atoms with van der Waals surface area (Å²) in [7, 11) is 0. The lowest BCUT2D eigenvalue weighted by molar-refractivity contribution is -0.354. The van der Waals surface area contributed by atoms with Crippen LogP contribution >= 0.6 is 0 Å². The smallest absolute Gasteiger partial charge is 0.305 e. The zero-order chi connectivity index (χ0) is 30.5. The molecule has 42 heavy (non-hydrogen) atoms. The molecular weight excluding hydrogens is 546 g/mol. The van der Waals surface area contributed by atoms with Crippen LogP contribution < -0.4 is 0 Å². The van der Waals surface area contributed by atoms with Gasteiger partial charge in [-0.1, -0.05) is 13.8 Å². The van der Waals surface area contributed by atoms with Crippen LogP contribution in [0.3, 0.4) is 0 Å². The van der Waals surface area contributed by atoms with E-state index in [-0.39, 0.29) is 25.3 Å². The number of hydrogen-bond acceptors (Lipinski definition) is 11. The van der Waals surface area contributed by atoms with E-state index in [0.29, 0.717) is 44.6 Å². The second-order valence-electron chi connectivity index (χ2n) is 15.5. The highest BCUT2D eigenvalue weighted by atomic mass is 16.8. The number of piperidine rings is 2. The standard InChI is InChI=1S/C31H47NO10/c1-16-6-9-22-26(5,36)30(39)21(14-32(22)13-16)28(38)15-29-20(27(28,37)12-23(30)35)8-7-19-25(29,4)11-10-24(40-17(2)33)31(19,42-29)41-18(3)34/h16,19-24,35-39H,6-15H2,1-5H3/t16-,19-,20-,21-,22-,23-,24+,25-,26+,27+,28+,29+,30-,31+/m0/s1. The van der Waals surface area contributed by atoms with Crippen LogP contribution in [0.4, 0.5) is 0 Å². The van der Waals surface area contributed by atoms with Crippen molar-refractivity contribution in [2.75, 3.05) is 13.1 Å². The minimum absolute atomic E-state index is 0.0756. The molecule has 0 aromatic heterocycles. The van der Waals surface area contributed by atoms with E-state index in [2.05, 4.69) is 11.8 Å². The molecule has 236 valence electrons. The number of ether oxygens (including phenoxy) is 3. The van der Waals surface area contributed by atoms with Crippen LogP contribution in [0.2, 0.25) is 0 Å². The molecule has 3 heterocycles. The quantitative estimate of drug-likeness (QED) is 0.285. The van der Waals surface area contributed by atoms with Crippen molar-refractivity contribution < 1.29 is 49.3 Å². The molecule has 5 N–H and O–H groups in total. The highest BCUT2D eigenvalue weighted by Gasteiger charge is 2.89. The van der Waals surface area contributed by atoms with Crippen molar-refractivity contribution in [3.63, 3.8) is 0 Å². The van der Waals surface area contributed by atoms with Gasteiger partial charge in [0.15, 0.2) is 6.10 Å². The van der Waals surface area contributed by atoms with Crippen molar-refractivity contribution in [3.05, 3.63) is 0 Å². The number of aliphatic hydroxyl groups excluding tert-OH is 1. The molecule has 3 saturated heterocycles. The van der Waals surface area contributed by atoms with Gasteiger partial charge >= 0.3 is 11.9 Å². The van der Waals surface area contributed by atoms with E-state index in [4.69, 9.17) is 14.2 Å². The molecule has 0 aromatic carbocycles. The maximum atomic E-state index is 13.0. The fourth-order valence-electron chi connectivity index (χ4n) is 12.0. The lowest BCUT2D eigenvalue weighted by Gasteiger charge is -2.68. The Morgan fingerprint density at radius 1 is 0.881 bits per heavy atom. The number of fused-ring (bicyclic) bond motifs is 5. The Kier molecular flexibility index (Phi) is 5.92. The van der Waals surface area contributed by atoms with Gasteiger partial charge in [0.25, 0.3) is 5.79 Å². The maximum absolute atomic E-state index is 13.0. The molecule has 7 fully saturated rings. The third-order valence-electron chi connectivity index (χ3n) is 13.6. The minimum Gasteiger partial charge on any atom is -0.456 e. The minimum atomic E-state index is -2.08. The fourth-order valence-corrected chi connectivity index (χ4v) is 12.0. The summed E-state index contributed by atoms with van der Waals surface area (Å²) in [6.07, 6.45) is 0.601. The van der Waals surface area contributed by atoms with Crippen molar-refractivity contribution in [2.45, 2.75) is 138 Å². The van der Waals surface area contributed by atoms with Gasteiger partial charge < -0.3 is 39.7 Å². The summed E-state index contributed by atoms with van der Waals surface area (Å²) in [4.78, 5) is 26.8. The molecule has 7 rings (SSSR count). The predicted molar refractivity (Wildman–Crippen MR) is 145 cm³/mol. The molecular formula is C31H47NO10. The Morgan fingerprint density at radius 3 is 2.24 bits per heavy atom. The summed E-state index contributed by atoms with van der Waals surface area (Å²) in [6.45, 7) is 9.20. The first-order chi connectivity index (χ1) is 19.4. The van der Waals surface area contributed by atoms with Crippen LogP contribution in [0.25, 0.3) is 0 Å². The Hall–Kier alpha value is -1.34. The van der Waals surface area contributed by atoms with Gasteiger partial charge in [0, 0.05) is 69.0 Å². The number of rotatable bonds is 2. The van der Waals surface area contributed by atoms with Gasteiger partial charge in [0.2, 0.25) is 0 Å². The lowest BCUT2D eigenvalue weighted by atomic mass is 9.49. The summed E-state index contributed by atoms with van der Waals surface area (Å²) in [5, 5.41) is 61.9. The topological polar surface area (TPSA) is 166 Å². The molecule has 0 amide bonds. The largest absolute Gasteiger partial charge is 0.456 e. The number of esters is 2. The summed E-state index contributed by atoms with van der Waals surface area (Å²) in [6, 6.07) is -0.401. The molecule has 4 aliphatic carbocycles. The summed E-state index contributed by atoms with van der Waals surface area (Å²) in [5.41, 5.74) is -9.50. The van der Waals surface area contributed by atoms with Crippen LogP contribution in [0.15, 0.2) is 0 Å². The first kappa shape index (κ1) is 29.4. The van der Waals surface area contributed by atoms with Crippen molar-refractivity contribution >= 4 is 11.9 Å². The predicted octanol–water partition coefficient (Wildman–Crippen LogP) is 0.616. The van der Waals surface area contributed by atoms with E-state index in [1.165, 1.54) is 13.8 Å². The van der Waals surface area contributed by atoms with Crippen LogP contribution in [0, 0.1) is 29.1 Å². The van der Waals surface area contributed by atoms with Crippen molar-refractivity contribution in [1.82, 2.24) is 4.90 Å². The molecule has 0 aromatic rings. The Balaban J connectivity index is 1.38. The monoisotopic (exact) mass is 593 g/mol. The van der Waals surface area contributed by atoms with Gasteiger partial charge in [0.1, 0.15) is 22.4 Å². The van der Waals surface area contributed by atoms with Gasteiger partial charge in [-0.2, -0.15) is 0 Å². The SMILES string of the molecule is CC(=O)O[C@@H]1CC[C@@]2(C)[C@@H]3CC[C@H]4[C@]5(O)C[C@H](O)[C@@]6(O)[C@@H](CN7C[C@@H](C)CC[C@H]7[C@@]6(C)O)[C@]5(O)C[C@@]42O[C@]31OC(C)=O. The summed E-state index contributed by atoms with van der Waals surface area (Å²) in [5.74, 6) is -4.44. The second-order valence-corrected chi connectivity index (χ2v) is 15.5. The molecule has 4 bridgehead atoms. The Morgan fingerprint density at radius 2 is 1.57 bits per heavy atom. The van der Waals surface area contributed by atoms with E-state index in [1.54, 1.807) is 6.92 Å². The van der Waals surface area contributed by atoms with Gasteiger partial charge in [-0.25, -0.2) is 0 Å². The van der Waals surface area contributed by atoms with E-state index in [9.17, 15) is 35.1 Å². The van der Waals surface area contributed by atoms with Crippen LogP contribution in [0.5, 0.6) is 0 Å². The average Bonchev–Trinajstić information content (AvgIpc) is 3.05. The van der Waals surface area contributed by atoms with Crippen molar-refractivity contribution in [2.24, 2.45) is 29.1 Å². The van der Waals surface area contributed by atoms with Crippen molar-refractivity contribution in [1.29, 1.82) is 0 Å². The van der Waals surface area contributed by atoms with Crippen LogP contribution in [0.1, 0.15) is 86.0 Å². The lowest BCUT2D eigenvalue weighted by Crippen LogP contribution is -2.85. The number of hydrogen-bond donors (Lipinski definition) is 5. The number of aliphatic hydroxyl groups is 5. The van der Waals surface area contributed by atoms with Crippen LogP contribution in [-0.4, -0.2) is 108 Å². The first-order valence-electron chi connectivity index (χ1n) is 15.8. The summed E-state index contributed by atoms with van der Waals surface area (Å²) < 4.78 is 18.7. The number of nitrogens with zero attached hydrogens (tertiary/aromatic N) is 1. The Labute approximate surface area is 246 Å². The van der Waals surface area contributed by atoms with E-state index >= 15 is 0 Å². The van der Waals surface area contributed by atoms with E-state index < -0.39 is 81.2 Å². The normalized spacial score (nSPS) is 59.6. The molecule has 11 heteroatoms. The summed E-state index contributed by atoms with van der Waals surface area (Å²) >= 11 is 0. The molecule has 0 radical (unpaired) electrons. The highest BCUT2D eigenvalue weighted by Crippen LogP contribution is 2.78. The molecule has 11 nitrogen and oxygen atoms in total. The van der Waals surface area contributed by atoms with Crippen molar-refractivity contribution in [3.8, 4) is 0 Å². The zero-order valence-electron chi connectivity index (χ0n) is 25.3. The second kappa shape index (κ2) is 8.47. The number of carbonyl (C=O) groups is 2. The van der Waals surface area contributed by atoms with Gasteiger partial charge in [-0.15, -0.1) is 0 Å². The third-order valence-corrected chi connectivity index (χ3v) is 13.6. The van der Waals surface area contributed by atoms with Gasteiger partial charge in [-0.05, 0) is 51.4 Å². The van der Waals surface area contributed by atoms with Gasteiger partial charge in [-0.3, -0.25) is 14.5 Å². The van der Waals surface area contributed by atoms with E-state index in [1.807, 2.05) is 6.92 Å². The fraction of sp³-hybridized carbons (Fsp3) is 0.935. The molecule has 1 spiro atoms. The molecule has 14 atom stereocenters. The number of carbonyl (C=O) groups excluding carboxylic acids is 2. The molecule has 4 saturated carbocycles. The van der Waals surface area contributed by atoms with E-state index in [0.717, 1.165) is 6.42 Å². The maximum Gasteiger partial charge on any atom is 0.305 e. The molecule has 0 unspecified atom stereocenters. The Bertz CT molecular complexity index is 1210.